The Morgan fingerprint density at radius 3 is 2.50 bits per heavy atom. The van der Waals surface area contributed by atoms with E-state index in [0.29, 0.717) is 4.90 Å². The van der Waals surface area contributed by atoms with Crippen molar-refractivity contribution in [3.63, 3.8) is 0 Å². The summed E-state index contributed by atoms with van der Waals surface area (Å²) >= 11 is 0. The third kappa shape index (κ3) is 5.35. The van der Waals surface area contributed by atoms with Crippen LogP contribution in [0.5, 0.6) is 0 Å². The maximum absolute atomic E-state index is 12.2. The zero-order chi connectivity index (χ0) is 13.8. The Morgan fingerprint density at radius 2 is 2.06 bits per heavy atom. The lowest BCUT2D eigenvalue weighted by molar-refractivity contribution is -0.166. The number of nitrogens with zero attached hydrogens (tertiary/aromatic N) is 1. The maximum Gasteiger partial charge on any atom is 0.406 e. The van der Waals surface area contributed by atoms with Gasteiger partial charge in [-0.1, -0.05) is 0 Å². The monoisotopic (exact) mass is 268 g/mol. The Labute approximate surface area is 102 Å². The smallest absolute Gasteiger partial charge is 0.406 e. The fraction of sp³-hybridized carbons (Fsp3) is 0.800. The van der Waals surface area contributed by atoms with Crippen LogP contribution in [-0.2, 0) is 9.59 Å². The summed E-state index contributed by atoms with van der Waals surface area (Å²) in [4.78, 5) is 22.4. The molecule has 0 aromatic rings. The summed E-state index contributed by atoms with van der Waals surface area (Å²) in [6.07, 6.45) is -3.09. The van der Waals surface area contributed by atoms with Crippen LogP contribution >= 0.6 is 0 Å². The van der Waals surface area contributed by atoms with Crippen LogP contribution in [0.4, 0.5) is 13.2 Å². The Kier molecular flexibility index (Phi) is 4.94. The van der Waals surface area contributed by atoms with Crippen molar-refractivity contribution in [2.75, 3.05) is 19.6 Å². The summed E-state index contributed by atoms with van der Waals surface area (Å²) in [7, 11) is 0. The molecule has 5 nitrogen and oxygen atoms in total. The molecule has 0 radical (unpaired) electrons. The number of carboxylic acids is 1. The van der Waals surface area contributed by atoms with Gasteiger partial charge in [0.15, 0.2) is 0 Å². The van der Waals surface area contributed by atoms with Gasteiger partial charge in [0.25, 0.3) is 0 Å². The molecule has 1 aliphatic rings. The number of hydrogen-bond acceptors (Lipinski definition) is 3. The number of alkyl halides is 3. The number of carbonyl (C=O) groups is 2. The third-order valence-electron chi connectivity index (χ3n) is 2.63. The Hall–Kier alpha value is -1.31. The highest BCUT2D eigenvalue weighted by molar-refractivity contribution is 5.81. The largest absolute Gasteiger partial charge is 0.480 e. The molecule has 18 heavy (non-hydrogen) atoms. The van der Waals surface area contributed by atoms with Gasteiger partial charge in [-0.2, -0.15) is 13.2 Å². The Balaban J connectivity index is 2.56. The molecule has 2 N–H and O–H groups in total. The van der Waals surface area contributed by atoms with Gasteiger partial charge in [-0.3, -0.25) is 9.59 Å². The lowest BCUT2D eigenvalue weighted by Crippen LogP contribution is -2.44. The molecule has 0 aromatic carbocycles. The van der Waals surface area contributed by atoms with E-state index in [4.69, 9.17) is 5.11 Å². The minimum Gasteiger partial charge on any atom is -0.480 e. The summed E-state index contributed by atoms with van der Waals surface area (Å²) in [5.41, 5.74) is 0. The van der Waals surface area contributed by atoms with Gasteiger partial charge in [-0.15, -0.1) is 0 Å². The van der Waals surface area contributed by atoms with Crippen LogP contribution in [-0.4, -0.2) is 53.7 Å². The van der Waals surface area contributed by atoms with Crippen LogP contribution in [0, 0.1) is 0 Å². The highest BCUT2D eigenvalue weighted by Crippen LogP contribution is 2.18. The van der Waals surface area contributed by atoms with Crippen molar-refractivity contribution < 1.29 is 27.9 Å². The van der Waals surface area contributed by atoms with Gasteiger partial charge in [0.05, 0.1) is 0 Å². The van der Waals surface area contributed by atoms with E-state index in [9.17, 15) is 22.8 Å². The lowest BCUT2D eigenvalue weighted by Gasteiger charge is -2.23. The van der Waals surface area contributed by atoms with Gasteiger partial charge >= 0.3 is 12.1 Å². The van der Waals surface area contributed by atoms with Gasteiger partial charge in [0, 0.05) is 12.5 Å². The van der Waals surface area contributed by atoms with Crippen LogP contribution in [0.25, 0.3) is 0 Å². The molecule has 1 fully saturated rings. The summed E-state index contributed by atoms with van der Waals surface area (Å²) < 4.78 is 36.7. The number of nitrogens with one attached hydrogen (secondary N) is 1. The van der Waals surface area contributed by atoms with E-state index in [1.807, 2.05) is 0 Å². The third-order valence-corrected chi connectivity index (χ3v) is 2.63. The van der Waals surface area contributed by atoms with E-state index < -0.39 is 31.1 Å². The number of aliphatic carboxylic acids is 1. The molecule has 1 amide bonds. The molecule has 1 heterocycles. The summed E-state index contributed by atoms with van der Waals surface area (Å²) in [6.45, 7) is -1.72. The second kappa shape index (κ2) is 6.03. The SMILES string of the molecule is O=C(O)CN(CC(F)(F)F)C(=O)CC1CCCN1. The molecular formula is C10H15F3N2O3. The molecule has 0 aromatic heterocycles. The molecule has 0 aliphatic carbocycles. The van der Waals surface area contributed by atoms with Crippen molar-refractivity contribution in [1.82, 2.24) is 10.2 Å². The fourth-order valence-electron chi connectivity index (χ4n) is 1.88. The molecule has 0 saturated carbocycles. The summed E-state index contributed by atoms with van der Waals surface area (Å²) in [6, 6.07) is -0.151. The zero-order valence-corrected chi connectivity index (χ0v) is 9.66. The molecule has 1 unspecified atom stereocenters. The number of carbonyl (C=O) groups excluding carboxylic acids is 1. The molecule has 104 valence electrons. The fourth-order valence-corrected chi connectivity index (χ4v) is 1.88. The Morgan fingerprint density at radius 1 is 1.39 bits per heavy atom. The normalized spacial score (nSPS) is 19.8. The topological polar surface area (TPSA) is 69.6 Å². The average molecular weight is 268 g/mol. The van der Waals surface area contributed by atoms with Crippen molar-refractivity contribution >= 4 is 11.9 Å². The zero-order valence-electron chi connectivity index (χ0n) is 9.66. The highest BCUT2D eigenvalue weighted by Gasteiger charge is 2.34. The first-order chi connectivity index (χ1) is 8.28. The quantitative estimate of drug-likeness (QED) is 0.766. The maximum atomic E-state index is 12.2. The van der Waals surface area contributed by atoms with Crippen LogP contribution in [0.15, 0.2) is 0 Å². The molecule has 1 atom stereocenters. The van der Waals surface area contributed by atoms with E-state index in [1.165, 1.54) is 0 Å². The molecule has 0 spiro atoms. The number of halogens is 3. The van der Waals surface area contributed by atoms with Crippen LogP contribution in [0.1, 0.15) is 19.3 Å². The molecule has 8 heteroatoms. The number of amides is 1. The van der Waals surface area contributed by atoms with Crippen molar-refractivity contribution in [1.29, 1.82) is 0 Å². The van der Waals surface area contributed by atoms with Crippen molar-refractivity contribution in [2.45, 2.75) is 31.5 Å². The molecule has 1 rings (SSSR count). The van der Waals surface area contributed by atoms with Crippen molar-refractivity contribution in [3.05, 3.63) is 0 Å². The molecule has 1 saturated heterocycles. The second-order valence-corrected chi connectivity index (χ2v) is 4.26. The first-order valence-electron chi connectivity index (χ1n) is 5.57. The number of carboxylic acid groups (broad SMARTS) is 1. The average Bonchev–Trinajstić information content (AvgIpc) is 2.66. The predicted octanol–water partition coefficient (Wildman–Crippen LogP) is 0.604. The first-order valence-corrected chi connectivity index (χ1v) is 5.57. The van der Waals surface area contributed by atoms with Gasteiger partial charge in [-0.05, 0) is 19.4 Å². The van der Waals surface area contributed by atoms with Crippen LogP contribution in [0.2, 0.25) is 0 Å². The van der Waals surface area contributed by atoms with Gasteiger partial charge in [0.2, 0.25) is 5.91 Å². The van der Waals surface area contributed by atoms with E-state index in [1.54, 1.807) is 0 Å². The first kappa shape index (κ1) is 14.7. The van der Waals surface area contributed by atoms with Crippen LogP contribution in [0.3, 0.4) is 0 Å². The van der Waals surface area contributed by atoms with Crippen LogP contribution < -0.4 is 5.32 Å². The van der Waals surface area contributed by atoms with E-state index in [-0.39, 0.29) is 12.5 Å². The van der Waals surface area contributed by atoms with E-state index in [2.05, 4.69) is 5.32 Å². The van der Waals surface area contributed by atoms with Gasteiger partial charge in [0.1, 0.15) is 13.1 Å². The molecule has 0 bridgehead atoms. The number of rotatable bonds is 5. The second-order valence-electron chi connectivity index (χ2n) is 4.26. The predicted molar refractivity (Wildman–Crippen MR) is 55.9 cm³/mol. The van der Waals surface area contributed by atoms with Crippen molar-refractivity contribution in [3.8, 4) is 0 Å². The van der Waals surface area contributed by atoms with E-state index in [0.717, 1.165) is 19.4 Å². The van der Waals surface area contributed by atoms with Crippen molar-refractivity contribution in [2.24, 2.45) is 0 Å². The van der Waals surface area contributed by atoms with Gasteiger partial charge in [-0.25, -0.2) is 0 Å². The Bertz CT molecular complexity index is 314. The molecular weight excluding hydrogens is 253 g/mol. The standard InChI is InChI=1S/C10H15F3N2O3/c11-10(12,13)6-15(5-9(17)18)8(16)4-7-2-1-3-14-7/h7,14H,1-6H2,(H,17,18). The minimum absolute atomic E-state index is 0.0939. The molecule has 1 aliphatic heterocycles. The number of hydrogen-bond donors (Lipinski definition) is 2. The summed E-state index contributed by atoms with van der Waals surface area (Å²) in [5.74, 6) is -2.24. The highest BCUT2D eigenvalue weighted by atomic mass is 19.4. The van der Waals surface area contributed by atoms with E-state index >= 15 is 0 Å². The minimum atomic E-state index is -4.59. The summed E-state index contributed by atoms with van der Waals surface area (Å²) in [5, 5.41) is 11.5. The lowest BCUT2D eigenvalue weighted by atomic mass is 10.1. The van der Waals surface area contributed by atoms with Gasteiger partial charge < -0.3 is 15.3 Å².